The van der Waals surface area contributed by atoms with Gasteiger partial charge in [0.15, 0.2) is 11.5 Å². The van der Waals surface area contributed by atoms with Crippen molar-refractivity contribution in [3.05, 3.63) is 65.4 Å². The van der Waals surface area contributed by atoms with Crippen LogP contribution in [0.25, 0.3) is 0 Å². The molecule has 0 aliphatic rings. The number of aromatic nitrogens is 3. The average molecular weight is 394 g/mol. The molecular formula is C20H22N6O3. The van der Waals surface area contributed by atoms with Crippen LogP contribution in [-0.2, 0) is 17.9 Å². The molecule has 0 aliphatic heterocycles. The van der Waals surface area contributed by atoms with E-state index >= 15 is 0 Å². The molecule has 29 heavy (non-hydrogen) atoms. The summed E-state index contributed by atoms with van der Waals surface area (Å²) in [4.78, 5) is 24.6. The maximum absolute atomic E-state index is 12.4. The number of carbonyl (C=O) groups excluding carboxylic acids is 2. The Bertz CT molecular complexity index is 1010. The highest BCUT2D eigenvalue weighted by Crippen LogP contribution is 2.13. The summed E-state index contributed by atoms with van der Waals surface area (Å²) in [6.45, 7) is 2.08. The second kappa shape index (κ2) is 8.87. The van der Waals surface area contributed by atoms with E-state index in [0.29, 0.717) is 11.4 Å². The van der Waals surface area contributed by atoms with Gasteiger partial charge in [0.1, 0.15) is 12.3 Å². The molecule has 0 radical (unpaired) electrons. The van der Waals surface area contributed by atoms with Gasteiger partial charge in [0, 0.05) is 12.2 Å². The molecule has 3 rings (SSSR count). The number of nitrogens with two attached hydrogens (primary N) is 1. The molecule has 0 atom stereocenters. The van der Waals surface area contributed by atoms with Crippen LogP contribution >= 0.6 is 0 Å². The Labute approximate surface area is 167 Å². The molecule has 1 aromatic heterocycles. The number of aryl methyl sites for hydroxylation is 1. The van der Waals surface area contributed by atoms with Crippen molar-refractivity contribution in [3.8, 4) is 5.75 Å². The van der Waals surface area contributed by atoms with E-state index in [4.69, 9.17) is 10.5 Å². The maximum atomic E-state index is 12.4. The van der Waals surface area contributed by atoms with Gasteiger partial charge in [-0.3, -0.25) is 9.59 Å². The standard InChI is InChI=1S/C20H22N6O3/c1-13-6-8-15(9-7-13)23-17(27)12-26-19(21)18(24-25-26)20(28)22-11-14-4-3-5-16(10-14)29-2/h3-10H,11-12,21H2,1-2H3,(H,22,28)(H,23,27). The maximum Gasteiger partial charge on any atom is 0.275 e. The third-order valence-corrected chi connectivity index (χ3v) is 4.20. The van der Waals surface area contributed by atoms with Crippen LogP contribution < -0.4 is 21.1 Å². The summed E-state index contributed by atoms with van der Waals surface area (Å²) < 4.78 is 6.34. The summed E-state index contributed by atoms with van der Waals surface area (Å²) in [5.41, 5.74) is 8.54. The number of benzene rings is 2. The summed E-state index contributed by atoms with van der Waals surface area (Å²) in [5.74, 6) is -0.0849. The fourth-order valence-corrected chi connectivity index (χ4v) is 2.62. The molecule has 1 heterocycles. The minimum absolute atomic E-state index is 0.0206. The van der Waals surface area contributed by atoms with Gasteiger partial charge in [-0.2, -0.15) is 0 Å². The molecule has 2 amide bonds. The van der Waals surface area contributed by atoms with Crippen molar-refractivity contribution in [2.45, 2.75) is 20.0 Å². The Morgan fingerprint density at radius 2 is 1.93 bits per heavy atom. The van der Waals surface area contributed by atoms with E-state index in [0.717, 1.165) is 11.1 Å². The lowest BCUT2D eigenvalue weighted by molar-refractivity contribution is -0.116. The number of hydrogen-bond donors (Lipinski definition) is 3. The molecule has 4 N–H and O–H groups in total. The van der Waals surface area contributed by atoms with Gasteiger partial charge in [-0.25, -0.2) is 4.68 Å². The Morgan fingerprint density at radius 1 is 1.17 bits per heavy atom. The fraction of sp³-hybridized carbons (Fsp3) is 0.200. The Morgan fingerprint density at radius 3 is 2.66 bits per heavy atom. The number of amides is 2. The third-order valence-electron chi connectivity index (χ3n) is 4.20. The third kappa shape index (κ3) is 5.10. The molecule has 150 valence electrons. The number of nitrogens with one attached hydrogen (secondary N) is 2. The Hall–Kier alpha value is -3.88. The summed E-state index contributed by atoms with van der Waals surface area (Å²) in [5, 5.41) is 13.1. The minimum Gasteiger partial charge on any atom is -0.497 e. The molecule has 0 fully saturated rings. The van der Waals surface area contributed by atoms with Crippen LogP contribution in [0.5, 0.6) is 5.75 Å². The first-order chi connectivity index (χ1) is 14.0. The van der Waals surface area contributed by atoms with Gasteiger partial charge in [0.2, 0.25) is 5.91 Å². The van der Waals surface area contributed by atoms with E-state index in [1.807, 2.05) is 43.3 Å². The fourth-order valence-electron chi connectivity index (χ4n) is 2.62. The number of nitrogen functional groups attached to an aromatic ring is 1. The zero-order chi connectivity index (χ0) is 20.8. The number of ether oxygens (including phenoxy) is 1. The van der Waals surface area contributed by atoms with Crippen LogP contribution in [0.3, 0.4) is 0 Å². The number of rotatable bonds is 7. The normalized spacial score (nSPS) is 10.4. The first-order valence-corrected chi connectivity index (χ1v) is 8.93. The molecular weight excluding hydrogens is 372 g/mol. The number of anilines is 2. The second-order valence-electron chi connectivity index (χ2n) is 6.43. The lowest BCUT2D eigenvalue weighted by atomic mass is 10.2. The van der Waals surface area contributed by atoms with Crippen molar-refractivity contribution in [1.82, 2.24) is 20.3 Å². The van der Waals surface area contributed by atoms with Crippen molar-refractivity contribution in [1.29, 1.82) is 0 Å². The monoisotopic (exact) mass is 394 g/mol. The number of nitrogens with zero attached hydrogens (tertiary/aromatic N) is 3. The Kier molecular flexibility index (Phi) is 6.08. The smallest absolute Gasteiger partial charge is 0.275 e. The largest absolute Gasteiger partial charge is 0.497 e. The molecule has 3 aromatic rings. The SMILES string of the molecule is COc1cccc(CNC(=O)c2nnn(CC(=O)Nc3ccc(C)cc3)c2N)c1. The predicted octanol–water partition coefficient (Wildman–Crippen LogP) is 1.75. The molecule has 9 nitrogen and oxygen atoms in total. The van der Waals surface area contributed by atoms with Crippen LogP contribution in [0, 0.1) is 6.92 Å². The van der Waals surface area contributed by atoms with Crippen LogP contribution in [0.1, 0.15) is 21.6 Å². The summed E-state index contributed by atoms with van der Waals surface area (Å²) >= 11 is 0. The van der Waals surface area contributed by atoms with E-state index in [1.54, 1.807) is 19.2 Å². The molecule has 9 heteroatoms. The molecule has 0 spiro atoms. The topological polar surface area (TPSA) is 124 Å². The van der Waals surface area contributed by atoms with Gasteiger partial charge >= 0.3 is 0 Å². The first-order valence-electron chi connectivity index (χ1n) is 8.93. The zero-order valence-corrected chi connectivity index (χ0v) is 16.2. The highest BCUT2D eigenvalue weighted by molar-refractivity contribution is 5.96. The van der Waals surface area contributed by atoms with E-state index in [9.17, 15) is 9.59 Å². The van der Waals surface area contributed by atoms with Crippen LogP contribution in [-0.4, -0.2) is 33.9 Å². The molecule has 2 aromatic carbocycles. The predicted molar refractivity (Wildman–Crippen MR) is 108 cm³/mol. The average Bonchev–Trinajstić information content (AvgIpc) is 3.08. The summed E-state index contributed by atoms with van der Waals surface area (Å²) in [6, 6.07) is 14.7. The van der Waals surface area contributed by atoms with Gasteiger partial charge in [0.05, 0.1) is 7.11 Å². The highest BCUT2D eigenvalue weighted by Gasteiger charge is 2.18. The highest BCUT2D eigenvalue weighted by atomic mass is 16.5. The lowest BCUT2D eigenvalue weighted by Crippen LogP contribution is -2.25. The van der Waals surface area contributed by atoms with Crippen molar-refractivity contribution in [2.75, 3.05) is 18.2 Å². The quantitative estimate of drug-likeness (QED) is 0.561. The lowest BCUT2D eigenvalue weighted by Gasteiger charge is -2.07. The van der Waals surface area contributed by atoms with Gasteiger partial charge in [-0.1, -0.05) is 35.0 Å². The van der Waals surface area contributed by atoms with E-state index in [-0.39, 0.29) is 30.5 Å². The van der Waals surface area contributed by atoms with Gasteiger partial charge < -0.3 is 21.1 Å². The van der Waals surface area contributed by atoms with Gasteiger partial charge in [-0.05, 0) is 36.8 Å². The van der Waals surface area contributed by atoms with Crippen LogP contribution in [0.4, 0.5) is 11.5 Å². The second-order valence-corrected chi connectivity index (χ2v) is 6.43. The van der Waals surface area contributed by atoms with E-state index in [1.165, 1.54) is 4.68 Å². The summed E-state index contributed by atoms with van der Waals surface area (Å²) in [6.07, 6.45) is 0. The summed E-state index contributed by atoms with van der Waals surface area (Å²) in [7, 11) is 1.58. The molecule has 0 saturated carbocycles. The van der Waals surface area contributed by atoms with Gasteiger partial charge in [-0.15, -0.1) is 5.10 Å². The molecule has 0 unspecified atom stereocenters. The van der Waals surface area contributed by atoms with Gasteiger partial charge in [0.25, 0.3) is 5.91 Å². The van der Waals surface area contributed by atoms with Crippen LogP contribution in [0.15, 0.2) is 48.5 Å². The van der Waals surface area contributed by atoms with E-state index < -0.39 is 5.91 Å². The molecule has 0 saturated heterocycles. The number of carbonyl (C=O) groups is 2. The van der Waals surface area contributed by atoms with E-state index in [2.05, 4.69) is 20.9 Å². The number of hydrogen-bond acceptors (Lipinski definition) is 6. The first kappa shape index (κ1) is 19.9. The number of methoxy groups -OCH3 is 1. The Balaban J connectivity index is 1.59. The zero-order valence-electron chi connectivity index (χ0n) is 16.2. The van der Waals surface area contributed by atoms with Crippen molar-refractivity contribution in [3.63, 3.8) is 0 Å². The molecule has 0 aliphatic carbocycles. The van der Waals surface area contributed by atoms with Crippen molar-refractivity contribution >= 4 is 23.3 Å². The van der Waals surface area contributed by atoms with Crippen molar-refractivity contribution in [2.24, 2.45) is 0 Å². The minimum atomic E-state index is -0.476. The van der Waals surface area contributed by atoms with Crippen molar-refractivity contribution < 1.29 is 14.3 Å². The molecule has 0 bridgehead atoms. The van der Waals surface area contributed by atoms with Crippen LogP contribution in [0.2, 0.25) is 0 Å².